The van der Waals surface area contributed by atoms with Gasteiger partial charge in [-0.1, -0.05) is 13.3 Å². The van der Waals surface area contributed by atoms with Gasteiger partial charge in [0, 0.05) is 17.7 Å². The van der Waals surface area contributed by atoms with E-state index in [1.165, 1.54) is 36.8 Å². The van der Waals surface area contributed by atoms with E-state index in [0.717, 1.165) is 37.1 Å². The third-order valence-corrected chi connectivity index (χ3v) is 4.38. The van der Waals surface area contributed by atoms with Crippen LogP contribution in [0.25, 0.3) is 11.3 Å². The van der Waals surface area contributed by atoms with Crippen LogP contribution in [-0.4, -0.2) is 35.3 Å². The fourth-order valence-electron chi connectivity index (χ4n) is 2.70. The smallest absolute Gasteiger partial charge is 0.119 e. The standard InChI is InChI=1S/C19H27N3O/c1-3-4-11-22(2)13-17-12-20-21-19(17)16-7-9-18(10-8-16)23-14-15-5-6-15/h7-10,12,15H,3-6,11,13-14H2,1-2H3,(H,20,21). The quantitative estimate of drug-likeness (QED) is 0.758. The first kappa shape index (κ1) is 16.1. The Labute approximate surface area is 138 Å². The molecule has 1 aliphatic carbocycles. The van der Waals surface area contributed by atoms with E-state index < -0.39 is 0 Å². The van der Waals surface area contributed by atoms with E-state index in [-0.39, 0.29) is 0 Å². The molecule has 0 aliphatic heterocycles. The first-order chi connectivity index (χ1) is 11.3. The largest absolute Gasteiger partial charge is 0.493 e. The van der Waals surface area contributed by atoms with Crippen molar-refractivity contribution < 1.29 is 4.74 Å². The molecule has 23 heavy (non-hydrogen) atoms. The maximum Gasteiger partial charge on any atom is 0.119 e. The van der Waals surface area contributed by atoms with E-state index in [9.17, 15) is 0 Å². The molecule has 4 heteroatoms. The molecule has 0 bridgehead atoms. The number of nitrogens with one attached hydrogen (secondary N) is 1. The molecule has 4 nitrogen and oxygen atoms in total. The van der Waals surface area contributed by atoms with Crippen molar-refractivity contribution in [3.63, 3.8) is 0 Å². The number of ether oxygens (including phenoxy) is 1. The number of nitrogens with zero attached hydrogens (tertiary/aromatic N) is 2. The molecule has 1 aromatic heterocycles. The molecule has 2 aromatic rings. The maximum absolute atomic E-state index is 5.81. The average Bonchev–Trinajstić information content (AvgIpc) is 3.29. The SMILES string of the molecule is CCCCN(C)Cc1cn[nH]c1-c1ccc(OCC2CC2)cc1. The van der Waals surface area contributed by atoms with Gasteiger partial charge < -0.3 is 9.64 Å². The topological polar surface area (TPSA) is 41.2 Å². The van der Waals surface area contributed by atoms with E-state index >= 15 is 0 Å². The molecule has 0 unspecified atom stereocenters. The molecule has 1 saturated carbocycles. The van der Waals surface area contributed by atoms with Crippen LogP contribution in [0.3, 0.4) is 0 Å². The van der Waals surface area contributed by atoms with Crippen molar-refractivity contribution in [1.29, 1.82) is 0 Å². The summed E-state index contributed by atoms with van der Waals surface area (Å²) in [6.07, 6.45) is 7.04. The summed E-state index contributed by atoms with van der Waals surface area (Å²) in [6, 6.07) is 8.35. The van der Waals surface area contributed by atoms with Gasteiger partial charge in [-0.05, 0) is 63.0 Å². The highest BCUT2D eigenvalue weighted by Gasteiger charge is 2.21. The summed E-state index contributed by atoms with van der Waals surface area (Å²) in [4.78, 5) is 2.35. The van der Waals surface area contributed by atoms with Crippen LogP contribution >= 0.6 is 0 Å². The number of hydrogen-bond acceptors (Lipinski definition) is 3. The van der Waals surface area contributed by atoms with Crippen LogP contribution in [-0.2, 0) is 6.54 Å². The van der Waals surface area contributed by atoms with Gasteiger partial charge in [0.2, 0.25) is 0 Å². The molecule has 124 valence electrons. The minimum Gasteiger partial charge on any atom is -0.493 e. The lowest BCUT2D eigenvalue weighted by Gasteiger charge is -2.16. The van der Waals surface area contributed by atoms with Gasteiger partial charge in [-0.15, -0.1) is 0 Å². The van der Waals surface area contributed by atoms with Gasteiger partial charge in [-0.25, -0.2) is 0 Å². The molecular weight excluding hydrogens is 286 g/mol. The fourth-order valence-corrected chi connectivity index (χ4v) is 2.70. The third kappa shape index (κ3) is 4.58. The zero-order valence-electron chi connectivity index (χ0n) is 14.2. The number of H-pyrrole nitrogens is 1. The van der Waals surface area contributed by atoms with Crippen molar-refractivity contribution in [2.45, 2.75) is 39.2 Å². The van der Waals surface area contributed by atoms with Crippen molar-refractivity contribution in [3.8, 4) is 17.0 Å². The van der Waals surface area contributed by atoms with Crippen LogP contribution in [0, 0.1) is 5.92 Å². The Kier molecular flexibility index (Phi) is 5.34. The summed E-state index contributed by atoms with van der Waals surface area (Å²) in [5.74, 6) is 1.74. The fraction of sp³-hybridized carbons (Fsp3) is 0.526. The molecule has 0 radical (unpaired) electrons. The van der Waals surface area contributed by atoms with Gasteiger partial charge in [0.05, 0.1) is 18.5 Å². The molecule has 0 atom stereocenters. The van der Waals surface area contributed by atoms with E-state index in [1.54, 1.807) is 0 Å². The van der Waals surface area contributed by atoms with E-state index in [2.05, 4.69) is 53.3 Å². The number of hydrogen-bond donors (Lipinski definition) is 1. The van der Waals surface area contributed by atoms with Gasteiger partial charge in [0.15, 0.2) is 0 Å². The number of unbranched alkanes of at least 4 members (excludes halogenated alkanes) is 1. The highest BCUT2D eigenvalue weighted by molar-refractivity contribution is 5.63. The van der Waals surface area contributed by atoms with Crippen LogP contribution < -0.4 is 4.74 Å². The van der Waals surface area contributed by atoms with Crippen molar-refractivity contribution in [1.82, 2.24) is 15.1 Å². The van der Waals surface area contributed by atoms with Gasteiger partial charge in [-0.2, -0.15) is 5.10 Å². The predicted molar refractivity (Wildman–Crippen MR) is 93.5 cm³/mol. The number of aromatic nitrogens is 2. The molecule has 3 rings (SSSR count). The Hall–Kier alpha value is -1.81. The Morgan fingerprint density at radius 1 is 1.26 bits per heavy atom. The van der Waals surface area contributed by atoms with Gasteiger partial charge >= 0.3 is 0 Å². The molecule has 0 amide bonds. The molecule has 1 heterocycles. The van der Waals surface area contributed by atoms with Crippen molar-refractivity contribution >= 4 is 0 Å². The molecule has 1 N–H and O–H groups in total. The second kappa shape index (κ2) is 7.64. The van der Waals surface area contributed by atoms with Crippen molar-refractivity contribution in [2.24, 2.45) is 5.92 Å². The molecule has 0 spiro atoms. The van der Waals surface area contributed by atoms with Crippen LogP contribution in [0.1, 0.15) is 38.2 Å². The zero-order chi connectivity index (χ0) is 16.1. The van der Waals surface area contributed by atoms with Gasteiger partial charge in [-0.3, -0.25) is 5.10 Å². The van der Waals surface area contributed by atoms with Crippen molar-refractivity contribution in [2.75, 3.05) is 20.2 Å². The van der Waals surface area contributed by atoms with Crippen molar-refractivity contribution in [3.05, 3.63) is 36.0 Å². The second-order valence-electron chi connectivity index (χ2n) is 6.64. The Bertz CT molecular complexity index is 601. The lowest BCUT2D eigenvalue weighted by atomic mass is 10.1. The lowest BCUT2D eigenvalue weighted by molar-refractivity contribution is 0.300. The highest BCUT2D eigenvalue weighted by Crippen LogP contribution is 2.30. The molecule has 1 fully saturated rings. The zero-order valence-corrected chi connectivity index (χ0v) is 14.2. The predicted octanol–water partition coefficient (Wildman–Crippen LogP) is 4.10. The monoisotopic (exact) mass is 313 g/mol. The summed E-state index contributed by atoms with van der Waals surface area (Å²) in [5.41, 5.74) is 3.53. The normalized spacial score (nSPS) is 14.4. The van der Waals surface area contributed by atoms with E-state index in [4.69, 9.17) is 4.74 Å². The molecule has 0 saturated heterocycles. The summed E-state index contributed by atoms with van der Waals surface area (Å²) >= 11 is 0. The summed E-state index contributed by atoms with van der Waals surface area (Å²) in [7, 11) is 2.17. The summed E-state index contributed by atoms with van der Waals surface area (Å²) < 4.78 is 5.81. The van der Waals surface area contributed by atoms with Gasteiger partial charge in [0.25, 0.3) is 0 Å². The minimum absolute atomic E-state index is 0.785. The molecule has 1 aromatic carbocycles. The van der Waals surface area contributed by atoms with Crippen LogP contribution in [0.4, 0.5) is 0 Å². The minimum atomic E-state index is 0.785. The van der Waals surface area contributed by atoms with Crippen LogP contribution in [0.15, 0.2) is 30.5 Å². The maximum atomic E-state index is 5.81. The van der Waals surface area contributed by atoms with Crippen LogP contribution in [0.5, 0.6) is 5.75 Å². The number of rotatable bonds is 9. The Balaban J connectivity index is 1.63. The summed E-state index contributed by atoms with van der Waals surface area (Å²) in [6.45, 7) is 5.13. The van der Waals surface area contributed by atoms with E-state index in [1.807, 2.05) is 6.20 Å². The average molecular weight is 313 g/mol. The Morgan fingerprint density at radius 3 is 2.74 bits per heavy atom. The first-order valence-corrected chi connectivity index (χ1v) is 8.70. The molecule has 1 aliphatic rings. The highest BCUT2D eigenvalue weighted by atomic mass is 16.5. The third-order valence-electron chi connectivity index (χ3n) is 4.38. The first-order valence-electron chi connectivity index (χ1n) is 8.70. The number of aromatic amines is 1. The van der Waals surface area contributed by atoms with E-state index in [0.29, 0.717) is 0 Å². The number of benzene rings is 1. The Morgan fingerprint density at radius 2 is 2.04 bits per heavy atom. The summed E-state index contributed by atoms with van der Waals surface area (Å²) in [5, 5.41) is 7.38. The lowest BCUT2D eigenvalue weighted by Crippen LogP contribution is -2.19. The van der Waals surface area contributed by atoms with Gasteiger partial charge in [0.1, 0.15) is 5.75 Å². The second-order valence-corrected chi connectivity index (χ2v) is 6.64. The van der Waals surface area contributed by atoms with Crippen LogP contribution in [0.2, 0.25) is 0 Å². The molecular formula is C19H27N3O.